The number of morpholine rings is 1. The Bertz CT molecular complexity index is 567. The zero-order valence-corrected chi connectivity index (χ0v) is 14.6. The van der Waals surface area contributed by atoms with Crippen LogP contribution in [0.3, 0.4) is 0 Å². The highest BCUT2D eigenvalue weighted by Crippen LogP contribution is 2.23. The zero-order valence-electron chi connectivity index (χ0n) is 14.6. The number of aromatic carboxylic acids is 1. The van der Waals surface area contributed by atoms with Crippen molar-refractivity contribution in [2.75, 3.05) is 26.2 Å². The Labute approximate surface area is 144 Å². The van der Waals surface area contributed by atoms with Gasteiger partial charge in [-0.1, -0.05) is 12.1 Å². The molecular weight excluding hydrogens is 304 g/mol. The molecule has 1 N–H and O–H groups in total. The molecule has 0 aromatic heterocycles. The first-order valence-corrected chi connectivity index (χ1v) is 8.95. The number of benzene rings is 1. The van der Waals surface area contributed by atoms with Gasteiger partial charge in [0.1, 0.15) is 0 Å². The Morgan fingerprint density at radius 1 is 1.29 bits per heavy atom. The van der Waals surface area contributed by atoms with E-state index >= 15 is 0 Å². The highest BCUT2D eigenvalue weighted by Gasteiger charge is 2.29. The van der Waals surface area contributed by atoms with Gasteiger partial charge in [-0.2, -0.15) is 0 Å². The largest absolute Gasteiger partial charge is 0.478 e. The van der Waals surface area contributed by atoms with Gasteiger partial charge in [-0.3, -0.25) is 9.80 Å². The van der Waals surface area contributed by atoms with E-state index in [-0.39, 0.29) is 0 Å². The number of nitrogens with zero attached hydrogens (tertiary/aromatic N) is 2. The van der Waals surface area contributed by atoms with Crippen molar-refractivity contribution in [2.24, 2.45) is 0 Å². The number of carbonyl (C=O) groups is 1. The van der Waals surface area contributed by atoms with Gasteiger partial charge in [-0.25, -0.2) is 4.79 Å². The van der Waals surface area contributed by atoms with E-state index in [1.807, 2.05) is 12.1 Å². The van der Waals surface area contributed by atoms with Crippen molar-refractivity contribution >= 4 is 5.97 Å². The normalized spacial score (nSPS) is 29.0. The third-order valence-corrected chi connectivity index (χ3v) is 5.02. The van der Waals surface area contributed by atoms with Gasteiger partial charge in [-0.05, 0) is 50.9 Å². The molecule has 24 heavy (non-hydrogen) atoms. The lowest BCUT2D eigenvalue weighted by Gasteiger charge is -2.38. The minimum Gasteiger partial charge on any atom is -0.478 e. The van der Waals surface area contributed by atoms with Crippen LogP contribution in [-0.2, 0) is 11.3 Å². The van der Waals surface area contributed by atoms with Gasteiger partial charge in [0.05, 0.1) is 17.8 Å². The monoisotopic (exact) mass is 332 g/mol. The fraction of sp³-hybridized carbons (Fsp3) is 0.632. The van der Waals surface area contributed by atoms with Gasteiger partial charge in [0, 0.05) is 32.2 Å². The van der Waals surface area contributed by atoms with E-state index in [1.54, 1.807) is 12.1 Å². The van der Waals surface area contributed by atoms with Gasteiger partial charge in [0.2, 0.25) is 0 Å². The maximum atomic E-state index is 11.1. The van der Waals surface area contributed by atoms with Gasteiger partial charge >= 0.3 is 5.97 Å². The summed E-state index contributed by atoms with van der Waals surface area (Å²) in [6.07, 6.45) is 3.05. The summed E-state index contributed by atoms with van der Waals surface area (Å²) in [4.78, 5) is 16.2. The molecule has 1 aromatic carbocycles. The molecule has 1 aromatic rings. The third-order valence-electron chi connectivity index (χ3n) is 5.02. The van der Waals surface area contributed by atoms with E-state index in [4.69, 9.17) is 9.84 Å². The Hall–Kier alpha value is -1.43. The summed E-state index contributed by atoms with van der Waals surface area (Å²) >= 11 is 0. The molecule has 5 nitrogen and oxygen atoms in total. The maximum Gasteiger partial charge on any atom is 0.335 e. The second kappa shape index (κ2) is 7.64. The van der Waals surface area contributed by atoms with E-state index in [2.05, 4.69) is 23.6 Å². The SMILES string of the molecule is CC1CN(CC2CCCN2Cc2cccc(C(=O)O)c2)CC(C)O1. The fourth-order valence-electron chi connectivity index (χ4n) is 4.08. The minimum absolute atomic E-state index is 0.302. The van der Waals surface area contributed by atoms with Crippen molar-refractivity contribution in [2.45, 2.75) is 51.5 Å². The first-order chi connectivity index (χ1) is 11.5. The van der Waals surface area contributed by atoms with E-state index < -0.39 is 5.97 Å². The number of ether oxygens (including phenoxy) is 1. The maximum absolute atomic E-state index is 11.1. The van der Waals surface area contributed by atoms with Crippen molar-refractivity contribution in [1.82, 2.24) is 9.80 Å². The first-order valence-electron chi connectivity index (χ1n) is 8.95. The second-order valence-electron chi connectivity index (χ2n) is 7.25. The molecule has 3 atom stereocenters. The molecule has 132 valence electrons. The van der Waals surface area contributed by atoms with Crippen molar-refractivity contribution < 1.29 is 14.6 Å². The van der Waals surface area contributed by atoms with Gasteiger partial charge < -0.3 is 9.84 Å². The molecule has 2 fully saturated rings. The molecule has 2 aliphatic rings. The van der Waals surface area contributed by atoms with E-state index in [0.717, 1.165) is 38.3 Å². The Kier molecular flexibility index (Phi) is 5.54. The molecule has 2 heterocycles. The van der Waals surface area contributed by atoms with Gasteiger partial charge in [0.25, 0.3) is 0 Å². The average Bonchev–Trinajstić information content (AvgIpc) is 2.93. The summed E-state index contributed by atoms with van der Waals surface area (Å²) in [6, 6.07) is 7.88. The minimum atomic E-state index is -0.855. The number of likely N-dealkylation sites (tertiary alicyclic amines) is 1. The van der Waals surface area contributed by atoms with Crippen LogP contribution >= 0.6 is 0 Å². The summed E-state index contributed by atoms with van der Waals surface area (Å²) in [5.41, 5.74) is 1.46. The summed E-state index contributed by atoms with van der Waals surface area (Å²) < 4.78 is 5.83. The molecular formula is C19H28N2O3. The molecule has 0 saturated carbocycles. The van der Waals surface area contributed by atoms with Crippen LogP contribution in [0.25, 0.3) is 0 Å². The Balaban J connectivity index is 1.61. The van der Waals surface area contributed by atoms with Crippen LogP contribution in [0.5, 0.6) is 0 Å². The van der Waals surface area contributed by atoms with Crippen LogP contribution in [0.2, 0.25) is 0 Å². The molecule has 0 spiro atoms. The zero-order chi connectivity index (χ0) is 17.1. The topological polar surface area (TPSA) is 53.0 Å². The van der Waals surface area contributed by atoms with Crippen molar-refractivity contribution in [1.29, 1.82) is 0 Å². The van der Waals surface area contributed by atoms with E-state index in [1.165, 1.54) is 12.8 Å². The van der Waals surface area contributed by atoms with Crippen molar-refractivity contribution in [3.05, 3.63) is 35.4 Å². The number of hydrogen-bond acceptors (Lipinski definition) is 4. The molecule has 0 aliphatic carbocycles. The van der Waals surface area contributed by atoms with Crippen LogP contribution in [0, 0.1) is 0 Å². The summed E-state index contributed by atoms with van der Waals surface area (Å²) in [6.45, 7) is 9.31. The number of rotatable bonds is 5. The lowest BCUT2D eigenvalue weighted by molar-refractivity contribution is -0.0724. The van der Waals surface area contributed by atoms with E-state index in [9.17, 15) is 4.79 Å². The number of carboxylic acid groups (broad SMARTS) is 1. The highest BCUT2D eigenvalue weighted by atomic mass is 16.5. The average molecular weight is 332 g/mol. The predicted molar refractivity (Wildman–Crippen MR) is 93.3 cm³/mol. The number of carboxylic acids is 1. The molecule has 5 heteroatoms. The van der Waals surface area contributed by atoms with Crippen LogP contribution in [-0.4, -0.2) is 65.3 Å². The van der Waals surface area contributed by atoms with Crippen LogP contribution in [0.4, 0.5) is 0 Å². The lowest BCUT2D eigenvalue weighted by atomic mass is 10.1. The van der Waals surface area contributed by atoms with Crippen LogP contribution in [0.1, 0.15) is 42.6 Å². The quantitative estimate of drug-likeness (QED) is 0.898. The van der Waals surface area contributed by atoms with Gasteiger partial charge in [-0.15, -0.1) is 0 Å². The molecule has 2 aliphatic heterocycles. The Morgan fingerprint density at radius 2 is 2.04 bits per heavy atom. The summed E-state index contributed by atoms with van der Waals surface area (Å²) in [5.74, 6) is -0.855. The lowest BCUT2D eigenvalue weighted by Crippen LogP contribution is -2.50. The summed E-state index contributed by atoms with van der Waals surface area (Å²) in [5, 5.41) is 9.16. The third kappa shape index (κ3) is 4.35. The molecule has 3 unspecified atom stereocenters. The first kappa shape index (κ1) is 17.4. The second-order valence-corrected chi connectivity index (χ2v) is 7.25. The van der Waals surface area contributed by atoms with Crippen LogP contribution < -0.4 is 0 Å². The molecule has 3 rings (SSSR count). The smallest absolute Gasteiger partial charge is 0.335 e. The van der Waals surface area contributed by atoms with Gasteiger partial charge in [0.15, 0.2) is 0 Å². The molecule has 2 saturated heterocycles. The fourth-order valence-corrected chi connectivity index (χ4v) is 4.08. The number of hydrogen-bond donors (Lipinski definition) is 1. The van der Waals surface area contributed by atoms with Crippen molar-refractivity contribution in [3.63, 3.8) is 0 Å². The van der Waals surface area contributed by atoms with Crippen molar-refractivity contribution in [3.8, 4) is 0 Å². The molecule has 0 amide bonds. The standard InChI is InChI=1S/C19H28N2O3/c1-14-10-20(11-15(2)24-14)13-18-7-4-8-21(18)12-16-5-3-6-17(9-16)19(22)23/h3,5-6,9,14-15,18H,4,7-8,10-13H2,1-2H3,(H,22,23). The highest BCUT2D eigenvalue weighted by molar-refractivity contribution is 5.87. The van der Waals surface area contributed by atoms with Crippen LogP contribution in [0.15, 0.2) is 24.3 Å². The summed E-state index contributed by atoms with van der Waals surface area (Å²) in [7, 11) is 0. The molecule has 0 radical (unpaired) electrons. The predicted octanol–water partition coefficient (Wildman–Crippen LogP) is 2.46. The molecule has 0 bridgehead atoms. The van der Waals surface area contributed by atoms with E-state index in [0.29, 0.717) is 23.8 Å². The Morgan fingerprint density at radius 3 is 2.75 bits per heavy atom.